The fraction of sp³-hybridized carbons (Fsp3) is 0.280. The summed E-state index contributed by atoms with van der Waals surface area (Å²) in [6.07, 6.45) is -2.82. The smallest absolute Gasteiger partial charge is 0.455 e. The van der Waals surface area contributed by atoms with Crippen LogP contribution < -0.4 is 15.2 Å². The van der Waals surface area contributed by atoms with Crippen LogP contribution in [0.3, 0.4) is 0 Å². The van der Waals surface area contributed by atoms with Crippen LogP contribution in [0.5, 0.6) is 11.5 Å². The molecule has 0 bridgehead atoms. The van der Waals surface area contributed by atoms with E-state index in [4.69, 9.17) is 15.2 Å². The third-order valence-corrected chi connectivity index (χ3v) is 5.93. The zero-order chi connectivity index (χ0) is 26.9. The summed E-state index contributed by atoms with van der Waals surface area (Å²) in [5.41, 5.74) is 5.74. The van der Waals surface area contributed by atoms with Gasteiger partial charge in [-0.3, -0.25) is 14.3 Å². The largest absolute Gasteiger partial charge is 0.497 e. The van der Waals surface area contributed by atoms with Gasteiger partial charge < -0.3 is 20.1 Å². The molecule has 1 aliphatic rings. The minimum Gasteiger partial charge on any atom is -0.497 e. The molecule has 3 heterocycles. The number of pyridine rings is 1. The number of hydrogen-bond donors (Lipinski definition) is 1. The highest BCUT2D eigenvalue weighted by molar-refractivity contribution is 6.12. The molecule has 1 atom stereocenters. The molecule has 0 spiro atoms. The summed E-state index contributed by atoms with van der Waals surface area (Å²) < 4.78 is 52.1. The predicted molar refractivity (Wildman–Crippen MR) is 128 cm³/mol. The van der Waals surface area contributed by atoms with Crippen LogP contribution in [0.15, 0.2) is 37.1 Å². The lowest BCUT2D eigenvalue weighted by atomic mass is 10.1. The zero-order valence-corrected chi connectivity index (χ0v) is 19.9. The maximum atomic E-state index is 13.5. The molecular formula is C25H22F3N5O4. The zero-order valence-electron chi connectivity index (χ0n) is 19.9. The Balaban J connectivity index is 1.91. The number of nitrogens with zero attached hydrogens (tertiary/aromatic N) is 4. The van der Waals surface area contributed by atoms with Gasteiger partial charge in [-0.1, -0.05) is 12.5 Å². The molecule has 37 heavy (non-hydrogen) atoms. The molecular weight excluding hydrogens is 491 g/mol. The maximum absolute atomic E-state index is 13.5. The predicted octanol–water partition coefficient (Wildman–Crippen LogP) is 3.13. The van der Waals surface area contributed by atoms with Gasteiger partial charge in [-0.2, -0.15) is 18.3 Å². The number of carbonyl (C=O) groups is 2. The van der Waals surface area contributed by atoms with Gasteiger partial charge in [0, 0.05) is 30.9 Å². The molecule has 2 aromatic heterocycles. The molecule has 1 fully saturated rings. The second-order valence-corrected chi connectivity index (χ2v) is 8.18. The minimum absolute atomic E-state index is 0.0194. The van der Waals surface area contributed by atoms with Gasteiger partial charge in [0.1, 0.15) is 23.0 Å². The number of nitrogen functional groups attached to an aromatic ring is 1. The maximum Gasteiger partial charge on any atom is 0.455 e. The van der Waals surface area contributed by atoms with Gasteiger partial charge in [-0.15, -0.1) is 0 Å². The molecule has 12 heteroatoms. The molecule has 1 saturated heterocycles. The van der Waals surface area contributed by atoms with E-state index in [1.807, 2.05) is 0 Å². The highest BCUT2D eigenvalue weighted by Gasteiger charge is 2.42. The second kappa shape index (κ2) is 9.85. The van der Waals surface area contributed by atoms with Crippen molar-refractivity contribution < 1.29 is 32.2 Å². The quantitative estimate of drug-likeness (QED) is 0.317. The van der Waals surface area contributed by atoms with Crippen LogP contribution in [0.1, 0.15) is 34.1 Å². The number of hydrogen-bond acceptors (Lipinski definition) is 7. The number of fused-ring (bicyclic) bond motifs is 1. The van der Waals surface area contributed by atoms with Crippen molar-refractivity contribution in [2.45, 2.75) is 18.6 Å². The Hall–Kier alpha value is -4.53. The van der Waals surface area contributed by atoms with Gasteiger partial charge in [0.05, 0.1) is 36.7 Å². The number of aromatic nitrogens is 3. The molecule has 0 unspecified atom stereocenters. The van der Waals surface area contributed by atoms with E-state index < -0.39 is 23.6 Å². The Bertz CT molecular complexity index is 1450. The van der Waals surface area contributed by atoms with Gasteiger partial charge >= 0.3 is 6.18 Å². The van der Waals surface area contributed by atoms with Crippen molar-refractivity contribution in [1.29, 1.82) is 0 Å². The summed E-state index contributed by atoms with van der Waals surface area (Å²) in [5.74, 6) is 4.16. The minimum atomic E-state index is -5.15. The number of benzene rings is 1. The number of Topliss-reactive ketones (excluding diaryl/α,β-unsaturated/α-hetero) is 1. The number of alkyl halides is 3. The van der Waals surface area contributed by atoms with Crippen molar-refractivity contribution in [3.05, 3.63) is 53.9 Å². The second-order valence-electron chi connectivity index (χ2n) is 8.18. The van der Waals surface area contributed by atoms with E-state index in [1.54, 1.807) is 18.2 Å². The first kappa shape index (κ1) is 25.6. The van der Waals surface area contributed by atoms with Crippen molar-refractivity contribution >= 4 is 28.4 Å². The third kappa shape index (κ3) is 4.93. The summed E-state index contributed by atoms with van der Waals surface area (Å²) >= 11 is 0. The molecule has 192 valence electrons. The van der Waals surface area contributed by atoms with E-state index in [1.165, 1.54) is 23.8 Å². The summed E-state index contributed by atoms with van der Waals surface area (Å²) in [4.78, 5) is 29.7. The molecule has 1 aromatic carbocycles. The fourth-order valence-electron chi connectivity index (χ4n) is 4.15. The standard InChI is InChI=1S/C25H22F3N5O4/c1-4-20(34)32-8-7-15(13-32)33-22-18(23(35)25(26,27)28)12-30-24(29)21(22)19(31-33)6-5-14-9-16(36-2)11-17(10-14)37-3/h4,9-12,15H,1,7-8,13H2,2-3H3,(H2,29,30)/t15-/m0/s1. The van der Waals surface area contributed by atoms with E-state index in [2.05, 4.69) is 28.5 Å². The molecule has 0 saturated carbocycles. The van der Waals surface area contributed by atoms with Crippen LogP contribution in [0.2, 0.25) is 0 Å². The molecule has 1 amide bonds. The number of halogens is 3. The number of ether oxygens (including phenoxy) is 2. The van der Waals surface area contributed by atoms with Gasteiger partial charge in [0.2, 0.25) is 5.91 Å². The highest BCUT2D eigenvalue weighted by Crippen LogP contribution is 2.34. The Kier molecular flexibility index (Phi) is 6.80. The van der Waals surface area contributed by atoms with Gasteiger partial charge in [0.15, 0.2) is 0 Å². The first-order valence-corrected chi connectivity index (χ1v) is 11.0. The number of likely N-dealkylation sites (tertiary alicyclic amines) is 1. The fourth-order valence-corrected chi connectivity index (χ4v) is 4.15. The molecule has 2 N–H and O–H groups in total. The van der Waals surface area contributed by atoms with Crippen LogP contribution in [0.4, 0.5) is 19.0 Å². The summed E-state index contributed by atoms with van der Waals surface area (Å²) in [6.45, 7) is 3.96. The number of methoxy groups -OCH3 is 2. The molecule has 1 aliphatic heterocycles. The molecule has 9 nitrogen and oxygen atoms in total. The SMILES string of the molecule is C=CC(=O)N1CC[C@H](n2nc(C#Cc3cc(OC)cc(OC)c3)c3c(N)ncc(C(=O)C(F)(F)F)c32)C1. The van der Waals surface area contributed by atoms with Crippen molar-refractivity contribution in [2.24, 2.45) is 0 Å². The number of ketones is 1. The summed E-state index contributed by atoms with van der Waals surface area (Å²) in [7, 11) is 2.96. The van der Waals surface area contributed by atoms with Crippen molar-refractivity contribution in [3.63, 3.8) is 0 Å². The number of amides is 1. The Morgan fingerprint density at radius 1 is 1.19 bits per heavy atom. The Morgan fingerprint density at radius 2 is 1.86 bits per heavy atom. The Morgan fingerprint density at radius 3 is 2.46 bits per heavy atom. The van der Waals surface area contributed by atoms with E-state index in [0.29, 0.717) is 30.0 Å². The van der Waals surface area contributed by atoms with Crippen LogP contribution in [-0.4, -0.2) is 64.8 Å². The Labute approximate surface area is 209 Å². The lowest BCUT2D eigenvalue weighted by Crippen LogP contribution is -2.28. The van der Waals surface area contributed by atoms with Crippen molar-refractivity contribution in [2.75, 3.05) is 33.0 Å². The lowest BCUT2D eigenvalue weighted by Gasteiger charge is -2.16. The van der Waals surface area contributed by atoms with Gasteiger partial charge in [-0.25, -0.2) is 4.98 Å². The first-order valence-electron chi connectivity index (χ1n) is 11.0. The van der Waals surface area contributed by atoms with E-state index in [0.717, 1.165) is 12.3 Å². The number of anilines is 1. The van der Waals surface area contributed by atoms with E-state index in [9.17, 15) is 22.8 Å². The molecule has 0 aliphatic carbocycles. The molecule has 4 rings (SSSR count). The average molecular weight is 513 g/mol. The summed E-state index contributed by atoms with van der Waals surface area (Å²) in [6, 6.07) is 4.42. The number of rotatable bonds is 5. The molecule has 0 radical (unpaired) electrons. The number of nitrogens with two attached hydrogens (primary N) is 1. The molecule has 3 aromatic rings. The highest BCUT2D eigenvalue weighted by atomic mass is 19.4. The van der Waals surface area contributed by atoms with Crippen molar-refractivity contribution in [1.82, 2.24) is 19.7 Å². The van der Waals surface area contributed by atoms with Crippen LogP contribution >= 0.6 is 0 Å². The van der Waals surface area contributed by atoms with Gasteiger partial charge in [-0.05, 0) is 30.6 Å². The topological polar surface area (TPSA) is 113 Å². The lowest BCUT2D eigenvalue weighted by molar-refractivity contribution is -0.125. The normalized spacial score (nSPS) is 15.3. The monoisotopic (exact) mass is 513 g/mol. The van der Waals surface area contributed by atoms with Crippen LogP contribution in [0.25, 0.3) is 10.9 Å². The van der Waals surface area contributed by atoms with E-state index >= 15 is 0 Å². The van der Waals surface area contributed by atoms with Gasteiger partial charge in [0.25, 0.3) is 5.78 Å². The summed E-state index contributed by atoms with van der Waals surface area (Å²) in [5, 5.41) is 4.47. The van der Waals surface area contributed by atoms with Crippen LogP contribution in [-0.2, 0) is 4.79 Å². The first-order chi connectivity index (χ1) is 17.6. The van der Waals surface area contributed by atoms with Crippen LogP contribution in [0, 0.1) is 11.8 Å². The average Bonchev–Trinajstić information content (AvgIpc) is 3.52. The van der Waals surface area contributed by atoms with E-state index in [-0.39, 0.29) is 34.9 Å². The van der Waals surface area contributed by atoms with Crippen molar-refractivity contribution in [3.8, 4) is 23.3 Å². The third-order valence-electron chi connectivity index (χ3n) is 5.93. The number of carbonyl (C=O) groups excluding carboxylic acids is 2.